The fourth-order valence-electron chi connectivity index (χ4n) is 5.12. The Kier molecular flexibility index (Phi) is 6.06. The molecule has 2 aliphatic carbocycles. The average Bonchev–Trinajstić information content (AvgIpc) is 3.91. The molecule has 14 heteroatoms. The van der Waals surface area contributed by atoms with E-state index < -0.39 is 12.1 Å². The third kappa shape index (κ3) is 4.67. The lowest BCUT2D eigenvalue weighted by atomic mass is 10.1. The number of carbonyl (C=O) groups excluding carboxylic acids is 3. The number of carbonyl (C=O) groups is 3. The van der Waals surface area contributed by atoms with Gasteiger partial charge in [0.2, 0.25) is 17.7 Å². The maximum atomic E-state index is 12.9. The number of imide groups is 1. The summed E-state index contributed by atoms with van der Waals surface area (Å²) in [7, 11) is 1.53. The Labute approximate surface area is 240 Å². The van der Waals surface area contributed by atoms with Gasteiger partial charge in [-0.05, 0) is 57.6 Å². The van der Waals surface area contributed by atoms with E-state index in [1.807, 2.05) is 35.9 Å². The minimum absolute atomic E-state index is 0.0496. The summed E-state index contributed by atoms with van der Waals surface area (Å²) in [6.45, 7) is 3.63. The van der Waals surface area contributed by atoms with Crippen molar-refractivity contribution >= 4 is 35.1 Å². The summed E-state index contributed by atoms with van der Waals surface area (Å²) in [6.07, 6.45) is 9.78. The molecule has 3 aliphatic rings. The van der Waals surface area contributed by atoms with E-state index in [-0.39, 0.29) is 47.3 Å². The molecular formula is C28H28N10O4. The number of rotatable bonds is 8. The van der Waals surface area contributed by atoms with Crippen molar-refractivity contribution in [2.24, 2.45) is 11.8 Å². The van der Waals surface area contributed by atoms with Crippen molar-refractivity contribution < 1.29 is 19.1 Å². The van der Waals surface area contributed by atoms with Crippen molar-refractivity contribution in [1.82, 2.24) is 39.4 Å². The number of imidazole rings is 1. The molecule has 2 saturated carbocycles. The first-order valence-electron chi connectivity index (χ1n) is 13.9. The van der Waals surface area contributed by atoms with Gasteiger partial charge in [0, 0.05) is 31.6 Å². The molecule has 4 aromatic heterocycles. The Balaban J connectivity index is 1.08. The van der Waals surface area contributed by atoms with Gasteiger partial charge < -0.3 is 9.14 Å². The van der Waals surface area contributed by atoms with Crippen LogP contribution in [0, 0.1) is 18.8 Å². The molecule has 0 spiro atoms. The van der Waals surface area contributed by atoms with Crippen molar-refractivity contribution in [3.05, 3.63) is 48.3 Å². The lowest BCUT2D eigenvalue weighted by Gasteiger charge is -2.21. The highest BCUT2D eigenvalue weighted by Gasteiger charge is 2.51. The summed E-state index contributed by atoms with van der Waals surface area (Å²) in [4.78, 5) is 58.2. The van der Waals surface area contributed by atoms with Crippen molar-refractivity contribution in [1.29, 1.82) is 0 Å². The monoisotopic (exact) mass is 568 g/mol. The molecule has 4 aromatic rings. The van der Waals surface area contributed by atoms with Gasteiger partial charge in [0.15, 0.2) is 5.82 Å². The fourth-order valence-corrected chi connectivity index (χ4v) is 5.12. The summed E-state index contributed by atoms with van der Waals surface area (Å²) in [5.74, 6) is 0.793. The van der Waals surface area contributed by atoms with E-state index in [1.165, 1.54) is 18.1 Å². The van der Waals surface area contributed by atoms with Crippen molar-refractivity contribution in [2.75, 3.05) is 17.3 Å². The molecule has 14 nitrogen and oxygen atoms in total. The van der Waals surface area contributed by atoms with Crippen LogP contribution < -0.4 is 15.0 Å². The zero-order valence-electron chi connectivity index (χ0n) is 23.3. The normalized spacial score (nSPS) is 19.5. The predicted molar refractivity (Wildman–Crippen MR) is 148 cm³/mol. The van der Waals surface area contributed by atoms with Gasteiger partial charge in [-0.15, -0.1) is 5.10 Å². The number of nitrogens with zero attached hydrogens (tertiary/aromatic N) is 9. The molecular weight excluding hydrogens is 540 g/mol. The third-order valence-electron chi connectivity index (χ3n) is 7.81. The van der Waals surface area contributed by atoms with E-state index in [2.05, 4.69) is 35.5 Å². The first-order chi connectivity index (χ1) is 20.3. The van der Waals surface area contributed by atoms with E-state index in [9.17, 15) is 14.4 Å². The second-order valence-corrected chi connectivity index (χ2v) is 11.0. The topological polar surface area (TPSA) is 161 Å². The second-order valence-electron chi connectivity index (χ2n) is 11.0. The van der Waals surface area contributed by atoms with E-state index in [1.54, 1.807) is 18.0 Å². The van der Waals surface area contributed by atoms with Gasteiger partial charge in [-0.25, -0.2) is 19.7 Å². The number of hydrogen-bond acceptors (Lipinski definition) is 10. The average molecular weight is 569 g/mol. The molecule has 2 atom stereocenters. The number of pyridine rings is 1. The maximum Gasteiger partial charge on any atom is 0.331 e. The van der Waals surface area contributed by atoms with Crippen molar-refractivity contribution in [3.8, 4) is 17.3 Å². The largest absolute Gasteiger partial charge is 0.467 e. The van der Waals surface area contributed by atoms with Crippen LogP contribution >= 0.6 is 0 Å². The van der Waals surface area contributed by atoms with Crippen LogP contribution in [0.1, 0.15) is 50.1 Å². The van der Waals surface area contributed by atoms with Gasteiger partial charge in [0.1, 0.15) is 24.0 Å². The Bertz CT molecular complexity index is 1750. The molecule has 5 heterocycles. The van der Waals surface area contributed by atoms with Crippen LogP contribution in [0.3, 0.4) is 0 Å². The molecule has 42 heavy (non-hydrogen) atoms. The van der Waals surface area contributed by atoms with Crippen molar-refractivity contribution in [3.63, 3.8) is 0 Å². The highest BCUT2D eigenvalue weighted by atomic mass is 16.5. The Morgan fingerprint density at radius 2 is 1.88 bits per heavy atom. The fraction of sp³-hybridized carbons (Fsp3) is 0.393. The van der Waals surface area contributed by atoms with Crippen LogP contribution in [0.5, 0.6) is 5.88 Å². The minimum Gasteiger partial charge on any atom is -0.467 e. The molecule has 0 radical (unpaired) electrons. The lowest BCUT2D eigenvalue weighted by Crippen LogP contribution is -2.36. The Morgan fingerprint density at radius 1 is 1.07 bits per heavy atom. The number of aryl methyl sites for hydroxylation is 1. The Morgan fingerprint density at radius 3 is 2.62 bits per heavy atom. The number of likely N-dealkylation sites (N-methyl/N-ethyl adjacent to an activating group) is 1. The number of hydrogen-bond donors (Lipinski definition) is 1. The van der Waals surface area contributed by atoms with Crippen LogP contribution in [-0.2, 0) is 9.59 Å². The molecule has 1 aliphatic heterocycles. The zero-order valence-corrected chi connectivity index (χ0v) is 23.3. The van der Waals surface area contributed by atoms with Crippen molar-refractivity contribution in [2.45, 2.75) is 51.7 Å². The zero-order chi connectivity index (χ0) is 29.1. The SMILES string of the molecule is Cc1nc(NC(=O)C2CC2)ncc1-c1nncc(O[C@@H](C)c2cn3cc(N4C(=O)N(C)C(=O)[C@@H]4C4CC4)ccc3n2)n1. The highest BCUT2D eigenvalue weighted by Crippen LogP contribution is 2.41. The predicted octanol–water partition coefficient (Wildman–Crippen LogP) is 2.95. The standard InChI is InChI=1S/C28H28N10O4/c1-14-19(10-29-27(31-14)34-25(39)17-6-7-17)24-33-22(11-30-35-24)42-15(2)20-13-37-12-18(8-9-21(37)32-20)38-23(16-4-5-16)26(40)36(3)28(38)41/h8-13,15-17,23H,4-7H2,1-3H3,(H,29,31,34,39)/t15-,23-/m0/s1. The van der Waals surface area contributed by atoms with E-state index in [4.69, 9.17) is 4.74 Å². The smallest absolute Gasteiger partial charge is 0.331 e. The summed E-state index contributed by atoms with van der Waals surface area (Å²) in [5, 5.41) is 10.9. The lowest BCUT2D eigenvalue weighted by molar-refractivity contribution is -0.126. The van der Waals surface area contributed by atoms with E-state index >= 15 is 0 Å². The molecule has 214 valence electrons. The molecule has 1 saturated heterocycles. The maximum absolute atomic E-state index is 12.9. The highest BCUT2D eigenvalue weighted by molar-refractivity contribution is 6.14. The van der Waals surface area contributed by atoms with Crippen LogP contribution in [0.2, 0.25) is 0 Å². The molecule has 0 aromatic carbocycles. The van der Waals surface area contributed by atoms with Crippen LogP contribution in [0.15, 0.2) is 36.9 Å². The van der Waals surface area contributed by atoms with Gasteiger partial charge >= 0.3 is 6.03 Å². The van der Waals surface area contributed by atoms with Gasteiger partial charge in [-0.2, -0.15) is 10.1 Å². The summed E-state index contributed by atoms with van der Waals surface area (Å²) < 4.78 is 7.89. The summed E-state index contributed by atoms with van der Waals surface area (Å²) >= 11 is 0. The summed E-state index contributed by atoms with van der Waals surface area (Å²) in [5.41, 5.74) is 3.10. The van der Waals surface area contributed by atoms with E-state index in [0.717, 1.165) is 25.7 Å². The van der Waals surface area contributed by atoms with Gasteiger partial charge in [-0.1, -0.05) is 0 Å². The first kappa shape index (κ1) is 25.9. The molecule has 0 unspecified atom stereocenters. The van der Waals surface area contributed by atoms with Crippen LogP contribution in [0.25, 0.3) is 17.0 Å². The number of urea groups is 1. The Hall–Kier alpha value is -5.01. The second kappa shape index (κ2) is 9.82. The van der Waals surface area contributed by atoms with Crippen LogP contribution in [0.4, 0.5) is 16.4 Å². The molecule has 4 amide bonds. The number of aromatic nitrogens is 7. The number of anilines is 2. The molecule has 0 bridgehead atoms. The number of amides is 4. The number of nitrogens with one attached hydrogen (secondary N) is 1. The molecule has 7 rings (SSSR count). The van der Waals surface area contributed by atoms with Gasteiger partial charge in [0.05, 0.1) is 22.6 Å². The first-order valence-corrected chi connectivity index (χ1v) is 13.9. The minimum atomic E-state index is -0.490. The van der Waals surface area contributed by atoms with Crippen LogP contribution in [-0.4, -0.2) is 70.4 Å². The van der Waals surface area contributed by atoms with Gasteiger partial charge in [-0.3, -0.25) is 24.7 Å². The van der Waals surface area contributed by atoms with Gasteiger partial charge in [0.25, 0.3) is 5.91 Å². The number of ether oxygens (including phenoxy) is 1. The summed E-state index contributed by atoms with van der Waals surface area (Å²) in [6, 6.07) is 2.84. The molecule has 1 N–H and O–H groups in total. The quantitative estimate of drug-likeness (QED) is 0.313. The third-order valence-corrected chi connectivity index (χ3v) is 7.81. The number of fused-ring (bicyclic) bond motifs is 1. The molecule has 3 fully saturated rings. The van der Waals surface area contributed by atoms with E-state index in [0.29, 0.717) is 28.3 Å².